The third kappa shape index (κ3) is 6.11. The number of hydrogen-bond donors (Lipinski definition) is 4. The fourth-order valence-corrected chi connectivity index (χ4v) is 7.03. The van der Waals surface area contributed by atoms with Gasteiger partial charge < -0.3 is 40.3 Å². The second kappa shape index (κ2) is 12.8. The van der Waals surface area contributed by atoms with E-state index in [0.29, 0.717) is 48.6 Å². The van der Waals surface area contributed by atoms with E-state index in [1.807, 2.05) is 18.0 Å². The Bertz CT molecular complexity index is 1300. The monoisotopic (exact) mass is 594 g/mol. The molecule has 1 aromatic carbocycles. The van der Waals surface area contributed by atoms with Crippen LogP contribution in [0.15, 0.2) is 18.3 Å². The minimum absolute atomic E-state index is 0.0474. The van der Waals surface area contributed by atoms with E-state index in [2.05, 4.69) is 44.3 Å². The Morgan fingerprint density at radius 1 is 1.16 bits per heavy atom. The van der Waals surface area contributed by atoms with Gasteiger partial charge in [-0.05, 0) is 38.4 Å². The van der Waals surface area contributed by atoms with Gasteiger partial charge in [-0.3, -0.25) is 9.69 Å². The average Bonchev–Trinajstić information content (AvgIpc) is 3.72. The molecular formula is C31H46N8O4. The van der Waals surface area contributed by atoms with Crippen molar-refractivity contribution in [3.8, 4) is 5.75 Å². The average molecular weight is 595 g/mol. The molecule has 234 valence electrons. The number of rotatable bonds is 9. The fraction of sp³-hybridized carbons (Fsp3) is 0.645. The number of aliphatic hydroxyl groups excluding tert-OH is 2. The van der Waals surface area contributed by atoms with Crippen molar-refractivity contribution in [1.29, 1.82) is 0 Å². The number of ether oxygens (including phenoxy) is 1. The minimum Gasteiger partial charge on any atom is -0.491 e. The number of nitrogens with zero attached hydrogens (tertiary/aromatic N) is 6. The van der Waals surface area contributed by atoms with Crippen LogP contribution in [-0.2, 0) is 6.42 Å². The smallest absolute Gasteiger partial charge is 0.251 e. The van der Waals surface area contributed by atoms with Crippen molar-refractivity contribution in [2.75, 3.05) is 75.1 Å². The Labute approximate surface area is 254 Å². The van der Waals surface area contributed by atoms with Gasteiger partial charge in [0.15, 0.2) is 5.82 Å². The van der Waals surface area contributed by atoms with Crippen molar-refractivity contribution < 1.29 is 19.7 Å². The molecule has 4 N–H and O–H groups in total. The van der Waals surface area contributed by atoms with Crippen molar-refractivity contribution >= 4 is 29.0 Å². The molecule has 4 heterocycles. The molecule has 0 bridgehead atoms. The molecule has 3 atom stereocenters. The molecule has 12 nitrogen and oxygen atoms in total. The first-order chi connectivity index (χ1) is 20.8. The van der Waals surface area contributed by atoms with Crippen LogP contribution in [0.1, 0.15) is 54.9 Å². The first kappa shape index (κ1) is 29.9. The number of β-amino-alcohol motifs (C(OH)–C–C–N with tert-alkyl or cyclic N) is 1. The highest BCUT2D eigenvalue weighted by molar-refractivity contribution is 5.97. The Morgan fingerprint density at radius 3 is 2.67 bits per heavy atom. The molecule has 6 rings (SSSR count). The lowest BCUT2D eigenvalue weighted by Crippen LogP contribution is -2.58. The second-order valence-electron chi connectivity index (χ2n) is 12.4. The SMILES string of the molecule is CCC1C(O)N(C)c2cnc(Nc3ccc(C(=O)NC[C@H](O)CN4CCN(C)CC4)c4c3OCC4)nc2N1C1CCCC1. The third-order valence-corrected chi connectivity index (χ3v) is 9.52. The van der Waals surface area contributed by atoms with Crippen molar-refractivity contribution in [3.05, 3.63) is 29.5 Å². The first-order valence-electron chi connectivity index (χ1n) is 15.8. The van der Waals surface area contributed by atoms with Gasteiger partial charge in [-0.2, -0.15) is 4.98 Å². The summed E-state index contributed by atoms with van der Waals surface area (Å²) in [6.07, 6.45) is 6.52. The summed E-state index contributed by atoms with van der Waals surface area (Å²) in [7, 11) is 4.00. The maximum absolute atomic E-state index is 13.2. The van der Waals surface area contributed by atoms with Crippen LogP contribution >= 0.6 is 0 Å². The number of carbonyl (C=O) groups is 1. The molecule has 1 saturated carbocycles. The molecule has 1 saturated heterocycles. The molecule has 1 aromatic heterocycles. The Hall–Kier alpha value is -3.19. The lowest BCUT2D eigenvalue weighted by atomic mass is 10.0. The maximum Gasteiger partial charge on any atom is 0.251 e. The zero-order valence-electron chi connectivity index (χ0n) is 25.6. The van der Waals surface area contributed by atoms with Gasteiger partial charge in [0.1, 0.15) is 17.7 Å². The maximum atomic E-state index is 13.2. The molecule has 4 aliphatic rings. The number of likely N-dealkylation sites (N-methyl/N-ethyl adjacent to an activating group) is 2. The summed E-state index contributed by atoms with van der Waals surface area (Å²) in [5.74, 6) is 1.71. The van der Waals surface area contributed by atoms with Crippen LogP contribution in [0.2, 0.25) is 0 Å². The number of fused-ring (bicyclic) bond motifs is 2. The summed E-state index contributed by atoms with van der Waals surface area (Å²) in [6, 6.07) is 3.94. The number of amides is 1. The van der Waals surface area contributed by atoms with Crippen molar-refractivity contribution in [3.63, 3.8) is 0 Å². The Morgan fingerprint density at radius 2 is 1.93 bits per heavy atom. The molecule has 43 heavy (non-hydrogen) atoms. The zero-order chi connectivity index (χ0) is 30.1. The highest BCUT2D eigenvalue weighted by Gasteiger charge is 2.41. The number of hydrogen-bond acceptors (Lipinski definition) is 11. The summed E-state index contributed by atoms with van der Waals surface area (Å²) >= 11 is 0. The molecule has 2 unspecified atom stereocenters. The van der Waals surface area contributed by atoms with Gasteiger partial charge in [0, 0.05) is 69.9 Å². The van der Waals surface area contributed by atoms with E-state index in [1.54, 1.807) is 12.3 Å². The van der Waals surface area contributed by atoms with Gasteiger partial charge in [-0.15, -0.1) is 0 Å². The van der Waals surface area contributed by atoms with E-state index in [-0.39, 0.29) is 18.5 Å². The minimum atomic E-state index is -0.630. The van der Waals surface area contributed by atoms with E-state index >= 15 is 0 Å². The topological polar surface area (TPSA) is 130 Å². The van der Waals surface area contributed by atoms with Gasteiger partial charge in [0.2, 0.25) is 5.95 Å². The number of aliphatic hydroxyl groups is 2. The zero-order valence-corrected chi connectivity index (χ0v) is 25.6. The van der Waals surface area contributed by atoms with Crippen LogP contribution in [-0.4, -0.2) is 120 Å². The van der Waals surface area contributed by atoms with Gasteiger partial charge in [-0.25, -0.2) is 4.98 Å². The number of carbonyl (C=O) groups excluding carboxylic acids is 1. The summed E-state index contributed by atoms with van der Waals surface area (Å²) in [5.41, 5.74) is 2.93. The third-order valence-electron chi connectivity index (χ3n) is 9.52. The number of nitrogens with one attached hydrogen (secondary N) is 2. The summed E-state index contributed by atoms with van der Waals surface area (Å²) < 4.78 is 6.00. The molecule has 1 aliphatic carbocycles. The highest BCUT2D eigenvalue weighted by Crippen LogP contribution is 2.42. The van der Waals surface area contributed by atoms with Crippen molar-refractivity contribution in [2.45, 2.75) is 69.9 Å². The Kier molecular flexibility index (Phi) is 8.90. The van der Waals surface area contributed by atoms with Crippen LogP contribution in [0.3, 0.4) is 0 Å². The van der Waals surface area contributed by atoms with E-state index in [9.17, 15) is 15.0 Å². The molecule has 12 heteroatoms. The normalized spacial score (nSPS) is 23.6. The van der Waals surface area contributed by atoms with Crippen LogP contribution in [0, 0.1) is 0 Å². The molecular weight excluding hydrogens is 548 g/mol. The summed E-state index contributed by atoms with van der Waals surface area (Å²) in [4.78, 5) is 31.5. The van der Waals surface area contributed by atoms with Crippen LogP contribution in [0.4, 0.5) is 23.1 Å². The van der Waals surface area contributed by atoms with E-state index in [4.69, 9.17) is 9.72 Å². The van der Waals surface area contributed by atoms with Gasteiger partial charge in [0.05, 0.1) is 30.6 Å². The van der Waals surface area contributed by atoms with Crippen molar-refractivity contribution in [2.24, 2.45) is 0 Å². The van der Waals surface area contributed by atoms with Crippen LogP contribution < -0.4 is 25.2 Å². The quantitative estimate of drug-likeness (QED) is 0.339. The van der Waals surface area contributed by atoms with Crippen LogP contribution in [0.5, 0.6) is 5.75 Å². The van der Waals surface area contributed by atoms with E-state index < -0.39 is 12.3 Å². The number of benzene rings is 1. The predicted octanol–water partition coefficient (Wildman–Crippen LogP) is 1.79. The van der Waals surface area contributed by atoms with Crippen molar-refractivity contribution in [1.82, 2.24) is 25.1 Å². The number of piperazine rings is 1. The van der Waals surface area contributed by atoms with E-state index in [0.717, 1.165) is 62.5 Å². The molecule has 2 aromatic rings. The summed E-state index contributed by atoms with van der Waals surface area (Å²) in [5, 5.41) is 27.9. The number of anilines is 4. The first-order valence-corrected chi connectivity index (χ1v) is 15.8. The largest absolute Gasteiger partial charge is 0.491 e. The molecule has 0 radical (unpaired) electrons. The molecule has 3 aliphatic heterocycles. The molecule has 2 fully saturated rings. The second-order valence-corrected chi connectivity index (χ2v) is 12.4. The lowest BCUT2D eigenvalue weighted by molar-refractivity contribution is 0.0737. The van der Waals surface area contributed by atoms with Gasteiger partial charge >= 0.3 is 0 Å². The Balaban J connectivity index is 1.17. The lowest BCUT2D eigenvalue weighted by Gasteiger charge is -2.48. The van der Waals surface area contributed by atoms with E-state index in [1.165, 1.54) is 12.8 Å². The van der Waals surface area contributed by atoms with Gasteiger partial charge in [0.25, 0.3) is 5.91 Å². The number of aromatic nitrogens is 2. The standard InChI is InChI=1S/C31H46N8O4/c1-4-25-30(42)37(3)26-18-33-31(35-28(26)39(25)20-7-5-6-8-20)34-24-10-9-23(22-11-16-43-27(22)24)29(41)32-17-21(40)19-38-14-12-36(2)13-15-38/h9-10,18,20-21,25,30,40,42H,4-8,11-17,19H2,1-3H3,(H,32,41)(H,33,34,35)/t21-,25?,30?/m0/s1. The summed E-state index contributed by atoms with van der Waals surface area (Å²) in [6.45, 7) is 7.16. The van der Waals surface area contributed by atoms with Crippen LogP contribution in [0.25, 0.3) is 0 Å². The fourth-order valence-electron chi connectivity index (χ4n) is 7.03. The molecule has 1 amide bonds. The molecule has 0 spiro atoms. The predicted molar refractivity (Wildman–Crippen MR) is 166 cm³/mol. The van der Waals surface area contributed by atoms with Gasteiger partial charge in [-0.1, -0.05) is 19.8 Å². The highest BCUT2D eigenvalue weighted by atomic mass is 16.5.